The molecular weight excluding hydrogens is 206 g/mol. The highest BCUT2D eigenvalue weighted by Crippen LogP contribution is 2.20. The Kier molecular flexibility index (Phi) is 5.22. The fourth-order valence-electron chi connectivity index (χ4n) is 1.90. The molecule has 1 aliphatic heterocycles. The van der Waals surface area contributed by atoms with Gasteiger partial charge in [0, 0.05) is 19.6 Å². The molecule has 0 amide bonds. The zero-order valence-corrected chi connectivity index (χ0v) is 9.47. The molecule has 4 heteroatoms. The predicted octanol–water partition coefficient (Wildman–Crippen LogP) is 1.29. The van der Waals surface area contributed by atoms with Crippen molar-refractivity contribution in [2.45, 2.75) is 25.0 Å². The number of hydrogen-bond donors (Lipinski definition) is 1. The van der Waals surface area contributed by atoms with Gasteiger partial charge in [-0.25, -0.2) is 4.79 Å². The summed E-state index contributed by atoms with van der Waals surface area (Å²) < 4.78 is 5.44. The number of aliphatic carboxylic acids is 1. The zero-order valence-electron chi connectivity index (χ0n) is 9.47. The molecule has 0 aromatic rings. The monoisotopic (exact) mass is 225 g/mol. The minimum absolute atomic E-state index is 0.0148. The summed E-state index contributed by atoms with van der Waals surface area (Å²) in [6, 6.07) is 0. The largest absolute Gasteiger partial charge is 0.479 e. The number of carbonyl (C=O) groups is 1. The molecule has 4 nitrogen and oxygen atoms in total. The van der Waals surface area contributed by atoms with Crippen molar-refractivity contribution in [1.29, 1.82) is 0 Å². The van der Waals surface area contributed by atoms with Crippen molar-refractivity contribution in [3.8, 4) is 0 Å². The number of carboxylic acids is 1. The van der Waals surface area contributed by atoms with E-state index in [4.69, 9.17) is 9.84 Å². The van der Waals surface area contributed by atoms with Crippen LogP contribution in [0, 0.1) is 0 Å². The Labute approximate surface area is 96.2 Å². The topological polar surface area (TPSA) is 49.8 Å². The van der Waals surface area contributed by atoms with E-state index in [2.05, 4.69) is 18.1 Å². The van der Waals surface area contributed by atoms with E-state index in [-0.39, 0.29) is 6.10 Å². The van der Waals surface area contributed by atoms with Crippen LogP contribution in [0.3, 0.4) is 0 Å². The average molecular weight is 225 g/mol. The zero-order chi connectivity index (χ0) is 12.0. The predicted molar refractivity (Wildman–Crippen MR) is 62.4 cm³/mol. The smallest absolute Gasteiger partial charge is 0.332 e. The molecule has 1 fully saturated rings. The van der Waals surface area contributed by atoms with Gasteiger partial charge >= 0.3 is 5.97 Å². The lowest BCUT2D eigenvalue weighted by Crippen LogP contribution is -2.33. The van der Waals surface area contributed by atoms with Crippen LogP contribution in [0.5, 0.6) is 0 Å². The van der Waals surface area contributed by atoms with Crippen molar-refractivity contribution in [3.63, 3.8) is 0 Å². The van der Waals surface area contributed by atoms with Gasteiger partial charge in [-0.2, -0.15) is 0 Å². The van der Waals surface area contributed by atoms with E-state index in [0.717, 1.165) is 26.1 Å². The molecule has 1 rings (SSSR count). The van der Waals surface area contributed by atoms with Crippen molar-refractivity contribution >= 4 is 5.97 Å². The maximum absolute atomic E-state index is 10.7. The van der Waals surface area contributed by atoms with Crippen LogP contribution in [-0.2, 0) is 9.53 Å². The summed E-state index contributed by atoms with van der Waals surface area (Å²) >= 11 is 0. The van der Waals surface area contributed by atoms with Crippen LogP contribution in [0.2, 0.25) is 0 Å². The molecule has 2 atom stereocenters. The van der Waals surface area contributed by atoms with Gasteiger partial charge in [-0.1, -0.05) is 12.2 Å². The van der Waals surface area contributed by atoms with Gasteiger partial charge in [-0.05, 0) is 12.8 Å². The number of rotatable bonds is 7. The van der Waals surface area contributed by atoms with Gasteiger partial charge in [-0.15, -0.1) is 13.2 Å². The molecule has 16 heavy (non-hydrogen) atoms. The molecule has 0 radical (unpaired) electrons. The number of ether oxygens (including phenoxy) is 1. The first-order valence-corrected chi connectivity index (χ1v) is 5.49. The van der Waals surface area contributed by atoms with Crippen molar-refractivity contribution in [2.24, 2.45) is 0 Å². The van der Waals surface area contributed by atoms with E-state index < -0.39 is 12.1 Å². The summed E-state index contributed by atoms with van der Waals surface area (Å²) in [5, 5.41) is 8.80. The average Bonchev–Trinajstić information content (AvgIpc) is 2.67. The lowest BCUT2D eigenvalue weighted by Gasteiger charge is -2.22. The molecule has 1 N–H and O–H groups in total. The maximum atomic E-state index is 10.7. The van der Waals surface area contributed by atoms with Crippen LogP contribution >= 0.6 is 0 Å². The SMILES string of the molecule is C=CCN(CC=C)CC1CCC(C(=O)O)O1. The van der Waals surface area contributed by atoms with Crippen LogP contribution in [0.15, 0.2) is 25.3 Å². The first-order chi connectivity index (χ1) is 7.67. The standard InChI is InChI=1S/C12H19NO3/c1-3-7-13(8-4-2)9-10-5-6-11(16-10)12(14)15/h3-4,10-11H,1-2,5-9H2,(H,14,15). The first kappa shape index (κ1) is 12.9. The van der Waals surface area contributed by atoms with E-state index in [0.29, 0.717) is 6.42 Å². The highest BCUT2D eigenvalue weighted by atomic mass is 16.5. The molecule has 0 aromatic carbocycles. The van der Waals surface area contributed by atoms with Crippen LogP contribution in [-0.4, -0.2) is 47.8 Å². The molecule has 1 aliphatic rings. The second-order valence-corrected chi connectivity index (χ2v) is 3.96. The van der Waals surface area contributed by atoms with Crippen molar-refractivity contribution < 1.29 is 14.6 Å². The maximum Gasteiger partial charge on any atom is 0.332 e. The highest BCUT2D eigenvalue weighted by Gasteiger charge is 2.30. The molecule has 90 valence electrons. The first-order valence-electron chi connectivity index (χ1n) is 5.49. The normalized spacial score (nSPS) is 24.6. The van der Waals surface area contributed by atoms with Crippen LogP contribution in [0.4, 0.5) is 0 Å². The molecule has 0 aliphatic carbocycles. The fraction of sp³-hybridized carbons (Fsp3) is 0.583. The summed E-state index contributed by atoms with van der Waals surface area (Å²) in [5.41, 5.74) is 0. The van der Waals surface area contributed by atoms with Gasteiger partial charge in [0.15, 0.2) is 6.10 Å². The van der Waals surface area contributed by atoms with Gasteiger partial charge in [0.1, 0.15) is 0 Å². The second kappa shape index (κ2) is 6.45. The Morgan fingerprint density at radius 3 is 2.44 bits per heavy atom. The Bertz CT molecular complexity index is 255. The Morgan fingerprint density at radius 2 is 2.00 bits per heavy atom. The Hall–Kier alpha value is -1.13. The minimum Gasteiger partial charge on any atom is -0.479 e. The summed E-state index contributed by atoms with van der Waals surface area (Å²) in [6.07, 6.45) is 4.46. The fourth-order valence-corrected chi connectivity index (χ4v) is 1.90. The number of carboxylic acid groups (broad SMARTS) is 1. The Balaban J connectivity index is 2.38. The molecule has 0 saturated carbocycles. The van der Waals surface area contributed by atoms with Crippen molar-refractivity contribution in [1.82, 2.24) is 4.90 Å². The van der Waals surface area contributed by atoms with Gasteiger partial charge < -0.3 is 9.84 Å². The molecule has 0 bridgehead atoms. The van der Waals surface area contributed by atoms with E-state index >= 15 is 0 Å². The van der Waals surface area contributed by atoms with Crippen LogP contribution < -0.4 is 0 Å². The molecule has 0 aromatic heterocycles. The lowest BCUT2D eigenvalue weighted by molar-refractivity contribution is -0.149. The van der Waals surface area contributed by atoms with E-state index in [1.54, 1.807) is 0 Å². The van der Waals surface area contributed by atoms with Crippen LogP contribution in [0.1, 0.15) is 12.8 Å². The lowest BCUT2D eigenvalue weighted by atomic mass is 10.2. The van der Waals surface area contributed by atoms with E-state index in [9.17, 15) is 4.79 Å². The van der Waals surface area contributed by atoms with Crippen molar-refractivity contribution in [2.75, 3.05) is 19.6 Å². The molecule has 2 unspecified atom stereocenters. The molecule has 1 saturated heterocycles. The molecule has 0 spiro atoms. The third-order valence-electron chi connectivity index (χ3n) is 2.62. The van der Waals surface area contributed by atoms with Gasteiger partial charge in [0.2, 0.25) is 0 Å². The third-order valence-corrected chi connectivity index (χ3v) is 2.62. The quantitative estimate of drug-likeness (QED) is 0.663. The summed E-state index contributed by atoms with van der Waals surface area (Å²) in [4.78, 5) is 12.8. The van der Waals surface area contributed by atoms with Gasteiger partial charge in [-0.3, -0.25) is 4.90 Å². The number of hydrogen-bond acceptors (Lipinski definition) is 3. The van der Waals surface area contributed by atoms with E-state index in [1.807, 2.05) is 12.2 Å². The van der Waals surface area contributed by atoms with Gasteiger partial charge in [0.05, 0.1) is 6.10 Å². The highest BCUT2D eigenvalue weighted by molar-refractivity contribution is 5.72. The van der Waals surface area contributed by atoms with Crippen LogP contribution in [0.25, 0.3) is 0 Å². The third kappa shape index (κ3) is 3.79. The minimum atomic E-state index is -0.860. The van der Waals surface area contributed by atoms with E-state index in [1.165, 1.54) is 0 Å². The molecule has 1 heterocycles. The summed E-state index contributed by atoms with van der Waals surface area (Å²) in [5.74, 6) is -0.860. The summed E-state index contributed by atoms with van der Waals surface area (Å²) in [7, 11) is 0. The van der Waals surface area contributed by atoms with Gasteiger partial charge in [0.25, 0.3) is 0 Å². The second-order valence-electron chi connectivity index (χ2n) is 3.96. The number of nitrogens with zero attached hydrogens (tertiary/aromatic N) is 1. The molecular formula is C12H19NO3. The summed E-state index contributed by atoms with van der Waals surface area (Å²) in [6.45, 7) is 9.65. The van der Waals surface area contributed by atoms with Crippen molar-refractivity contribution in [3.05, 3.63) is 25.3 Å². The Morgan fingerprint density at radius 1 is 1.38 bits per heavy atom.